The SMILES string of the molecule is C=CC=CC=CC=CC=CCCCCCCC[C@H](O)CC. The van der Waals surface area contributed by atoms with Crippen LogP contribution < -0.4 is 0 Å². The van der Waals surface area contributed by atoms with Crippen molar-refractivity contribution in [1.29, 1.82) is 0 Å². The van der Waals surface area contributed by atoms with Crippen LogP contribution in [0.2, 0.25) is 0 Å². The molecular formula is C20H32O. The summed E-state index contributed by atoms with van der Waals surface area (Å²) in [5.41, 5.74) is 0. The van der Waals surface area contributed by atoms with Crippen LogP contribution in [-0.4, -0.2) is 11.2 Å². The van der Waals surface area contributed by atoms with Crippen molar-refractivity contribution in [2.75, 3.05) is 0 Å². The van der Waals surface area contributed by atoms with E-state index in [9.17, 15) is 5.11 Å². The summed E-state index contributed by atoms with van der Waals surface area (Å²) in [4.78, 5) is 0. The van der Waals surface area contributed by atoms with Gasteiger partial charge in [-0.25, -0.2) is 0 Å². The van der Waals surface area contributed by atoms with Crippen LogP contribution in [0.4, 0.5) is 0 Å². The largest absolute Gasteiger partial charge is 0.393 e. The predicted octanol–water partition coefficient (Wildman–Crippen LogP) is 5.90. The number of unbranched alkanes of at least 4 members (excludes halogenated alkanes) is 5. The van der Waals surface area contributed by atoms with Gasteiger partial charge in [0.15, 0.2) is 0 Å². The normalized spacial score (nSPS) is 14.0. The highest BCUT2D eigenvalue weighted by Crippen LogP contribution is 2.10. The Bertz CT molecular complexity index is 334. The van der Waals surface area contributed by atoms with E-state index < -0.39 is 0 Å². The van der Waals surface area contributed by atoms with Crippen LogP contribution in [0.25, 0.3) is 0 Å². The summed E-state index contributed by atoms with van der Waals surface area (Å²) in [7, 11) is 0. The first-order chi connectivity index (χ1) is 10.3. The summed E-state index contributed by atoms with van der Waals surface area (Å²) >= 11 is 0. The van der Waals surface area contributed by atoms with Crippen molar-refractivity contribution in [2.45, 2.75) is 64.4 Å². The van der Waals surface area contributed by atoms with E-state index in [2.05, 4.69) is 24.8 Å². The van der Waals surface area contributed by atoms with Crippen LogP contribution in [0.1, 0.15) is 58.3 Å². The van der Waals surface area contributed by atoms with Gasteiger partial charge in [0.25, 0.3) is 0 Å². The highest BCUT2D eigenvalue weighted by molar-refractivity contribution is 5.17. The zero-order chi connectivity index (χ0) is 15.6. The summed E-state index contributed by atoms with van der Waals surface area (Å²) in [5, 5.41) is 9.43. The second-order valence-electron chi connectivity index (χ2n) is 5.23. The van der Waals surface area contributed by atoms with Gasteiger partial charge in [0, 0.05) is 0 Å². The van der Waals surface area contributed by atoms with Gasteiger partial charge in [-0.3, -0.25) is 0 Å². The molecule has 0 saturated carbocycles. The third-order valence-electron chi connectivity index (χ3n) is 3.32. The van der Waals surface area contributed by atoms with Crippen molar-refractivity contribution in [3.8, 4) is 0 Å². The van der Waals surface area contributed by atoms with Gasteiger partial charge >= 0.3 is 0 Å². The molecule has 0 aliphatic rings. The van der Waals surface area contributed by atoms with Gasteiger partial charge < -0.3 is 5.11 Å². The molecule has 0 spiro atoms. The Morgan fingerprint density at radius 2 is 1.38 bits per heavy atom. The third-order valence-corrected chi connectivity index (χ3v) is 3.32. The lowest BCUT2D eigenvalue weighted by molar-refractivity contribution is 0.156. The van der Waals surface area contributed by atoms with Gasteiger partial charge in [0.1, 0.15) is 0 Å². The van der Waals surface area contributed by atoms with E-state index in [4.69, 9.17) is 0 Å². The molecule has 0 unspecified atom stereocenters. The van der Waals surface area contributed by atoms with Crippen LogP contribution in [0.5, 0.6) is 0 Å². The summed E-state index contributed by atoms with van der Waals surface area (Å²) in [6.07, 6.45) is 27.2. The molecule has 1 heteroatoms. The van der Waals surface area contributed by atoms with Crippen LogP contribution in [0.3, 0.4) is 0 Å². The predicted molar refractivity (Wildman–Crippen MR) is 95.4 cm³/mol. The fourth-order valence-corrected chi connectivity index (χ4v) is 1.95. The Morgan fingerprint density at radius 3 is 2.05 bits per heavy atom. The van der Waals surface area contributed by atoms with E-state index in [1.165, 1.54) is 32.1 Å². The summed E-state index contributed by atoms with van der Waals surface area (Å²) < 4.78 is 0. The number of allylic oxidation sites excluding steroid dienone is 9. The second-order valence-corrected chi connectivity index (χ2v) is 5.23. The van der Waals surface area contributed by atoms with E-state index in [0.29, 0.717) is 0 Å². The lowest BCUT2D eigenvalue weighted by atomic mass is 10.1. The molecule has 0 aliphatic carbocycles. The highest BCUT2D eigenvalue weighted by Gasteiger charge is 1.99. The van der Waals surface area contributed by atoms with Crippen molar-refractivity contribution in [2.24, 2.45) is 0 Å². The van der Waals surface area contributed by atoms with Crippen molar-refractivity contribution in [3.05, 3.63) is 61.3 Å². The minimum atomic E-state index is -0.0824. The van der Waals surface area contributed by atoms with E-state index in [1.54, 1.807) is 6.08 Å². The molecule has 1 nitrogen and oxygen atoms in total. The van der Waals surface area contributed by atoms with Gasteiger partial charge in [-0.15, -0.1) is 0 Å². The Balaban J connectivity index is 3.36. The highest BCUT2D eigenvalue weighted by atomic mass is 16.3. The molecular weight excluding hydrogens is 256 g/mol. The lowest BCUT2D eigenvalue weighted by Gasteiger charge is -2.06. The first-order valence-corrected chi connectivity index (χ1v) is 8.26. The van der Waals surface area contributed by atoms with Crippen molar-refractivity contribution in [1.82, 2.24) is 0 Å². The molecule has 1 N–H and O–H groups in total. The molecule has 0 aromatic rings. The molecule has 0 radical (unpaired) electrons. The summed E-state index contributed by atoms with van der Waals surface area (Å²) in [6.45, 7) is 5.65. The zero-order valence-corrected chi connectivity index (χ0v) is 13.6. The lowest BCUT2D eigenvalue weighted by Crippen LogP contribution is -2.03. The maximum absolute atomic E-state index is 9.43. The molecule has 21 heavy (non-hydrogen) atoms. The van der Waals surface area contributed by atoms with Crippen LogP contribution in [-0.2, 0) is 0 Å². The molecule has 0 amide bonds. The van der Waals surface area contributed by atoms with Gasteiger partial charge in [-0.05, 0) is 25.7 Å². The standard InChI is InChI=1S/C20H32O/c1-3-5-6-7-8-9-10-11-12-13-14-15-16-17-18-19-20(21)4-2/h3,5-12,20-21H,1,4,13-19H2,2H3/t20-/m1/s1. The molecule has 0 rings (SSSR count). The molecule has 0 saturated heterocycles. The second kappa shape index (κ2) is 16.7. The maximum Gasteiger partial charge on any atom is 0.0537 e. The number of aliphatic hydroxyl groups excluding tert-OH is 1. The van der Waals surface area contributed by atoms with Crippen LogP contribution >= 0.6 is 0 Å². The Labute approximate surface area is 131 Å². The Hall–Kier alpha value is -1.34. The van der Waals surface area contributed by atoms with Crippen molar-refractivity contribution >= 4 is 0 Å². The molecule has 0 aromatic carbocycles. The zero-order valence-electron chi connectivity index (χ0n) is 13.6. The molecule has 0 aliphatic heterocycles. The van der Waals surface area contributed by atoms with Crippen LogP contribution in [0, 0.1) is 0 Å². The van der Waals surface area contributed by atoms with E-state index in [-0.39, 0.29) is 6.10 Å². The van der Waals surface area contributed by atoms with E-state index >= 15 is 0 Å². The number of rotatable bonds is 13. The van der Waals surface area contributed by atoms with Gasteiger partial charge in [-0.1, -0.05) is 93.9 Å². The fourth-order valence-electron chi connectivity index (χ4n) is 1.95. The minimum absolute atomic E-state index is 0.0824. The molecule has 0 fully saturated rings. The monoisotopic (exact) mass is 288 g/mol. The van der Waals surface area contributed by atoms with E-state index in [0.717, 1.165) is 19.3 Å². The first kappa shape index (κ1) is 19.7. The Morgan fingerprint density at radius 1 is 0.810 bits per heavy atom. The Kier molecular flexibility index (Phi) is 15.6. The quantitative estimate of drug-likeness (QED) is 0.330. The molecule has 0 bridgehead atoms. The smallest absolute Gasteiger partial charge is 0.0537 e. The van der Waals surface area contributed by atoms with Gasteiger partial charge in [-0.2, -0.15) is 0 Å². The topological polar surface area (TPSA) is 20.2 Å². The number of hydrogen-bond acceptors (Lipinski definition) is 1. The summed E-state index contributed by atoms with van der Waals surface area (Å²) in [5.74, 6) is 0. The van der Waals surface area contributed by atoms with Gasteiger partial charge in [0.2, 0.25) is 0 Å². The fraction of sp³-hybridized carbons (Fsp3) is 0.500. The molecule has 1 atom stereocenters. The van der Waals surface area contributed by atoms with E-state index in [1.807, 2.05) is 37.3 Å². The first-order valence-electron chi connectivity index (χ1n) is 8.26. The summed E-state index contributed by atoms with van der Waals surface area (Å²) in [6, 6.07) is 0. The number of aliphatic hydroxyl groups is 1. The molecule has 118 valence electrons. The average molecular weight is 288 g/mol. The maximum atomic E-state index is 9.43. The van der Waals surface area contributed by atoms with Crippen molar-refractivity contribution < 1.29 is 5.11 Å². The molecule has 0 heterocycles. The minimum Gasteiger partial charge on any atom is -0.393 e. The van der Waals surface area contributed by atoms with Crippen molar-refractivity contribution in [3.63, 3.8) is 0 Å². The average Bonchev–Trinajstić information content (AvgIpc) is 2.50. The number of hydrogen-bond donors (Lipinski definition) is 1. The van der Waals surface area contributed by atoms with Crippen LogP contribution in [0.15, 0.2) is 61.3 Å². The molecule has 0 aromatic heterocycles. The van der Waals surface area contributed by atoms with Gasteiger partial charge in [0.05, 0.1) is 6.10 Å². The third kappa shape index (κ3) is 16.6.